The molecule has 2 N–H and O–H groups in total. The number of hydrogen-bond donors (Lipinski definition) is 2. The monoisotopic (exact) mass is 378 g/mol. The summed E-state index contributed by atoms with van der Waals surface area (Å²) in [5, 5.41) is 10.7. The van der Waals surface area contributed by atoms with Crippen molar-refractivity contribution in [2.45, 2.75) is 42.9 Å². The first-order valence-corrected chi connectivity index (χ1v) is 9.07. The maximum absolute atomic E-state index is 13.3. The molecule has 1 aromatic heterocycles. The summed E-state index contributed by atoms with van der Waals surface area (Å²) in [6.45, 7) is 1.42. The summed E-state index contributed by atoms with van der Waals surface area (Å²) < 4.78 is 40.1. The highest BCUT2D eigenvalue weighted by atomic mass is 19.4. The van der Waals surface area contributed by atoms with E-state index in [-0.39, 0.29) is 5.91 Å². The molecule has 2 fully saturated rings. The predicted molar refractivity (Wildman–Crippen MR) is 92.8 cm³/mol. The number of aromatic nitrogens is 2. The van der Waals surface area contributed by atoms with Crippen LogP contribution in [0.1, 0.15) is 36.8 Å². The molecule has 0 spiro atoms. The number of hydrogen-bond acceptors (Lipinski definition) is 3. The van der Waals surface area contributed by atoms with E-state index in [2.05, 4.69) is 15.7 Å². The summed E-state index contributed by atoms with van der Waals surface area (Å²) in [6, 6.07) is 6.89. The van der Waals surface area contributed by atoms with Crippen LogP contribution in [0.3, 0.4) is 0 Å². The van der Waals surface area contributed by atoms with Crippen LogP contribution < -0.4 is 10.6 Å². The normalized spacial score (nSPS) is 20.9. The van der Waals surface area contributed by atoms with Crippen LogP contribution in [0.2, 0.25) is 0 Å². The highest BCUT2D eigenvalue weighted by Gasteiger charge is 2.51. The molecule has 0 bridgehead atoms. The zero-order valence-electron chi connectivity index (χ0n) is 14.7. The van der Waals surface area contributed by atoms with Crippen molar-refractivity contribution in [1.82, 2.24) is 20.4 Å². The molecule has 2 aromatic rings. The summed E-state index contributed by atoms with van der Waals surface area (Å²) in [6.07, 6.45) is 1.75. The molecule has 0 radical (unpaired) electrons. The highest BCUT2D eigenvalue weighted by Crippen LogP contribution is 2.47. The van der Waals surface area contributed by atoms with Gasteiger partial charge >= 0.3 is 6.18 Å². The number of halogens is 3. The van der Waals surface area contributed by atoms with Crippen LogP contribution in [0.15, 0.2) is 42.7 Å². The van der Waals surface area contributed by atoms with E-state index < -0.39 is 22.8 Å². The van der Waals surface area contributed by atoms with Gasteiger partial charge in [0.15, 0.2) is 0 Å². The molecule has 8 heteroatoms. The Morgan fingerprint density at radius 1 is 1.11 bits per heavy atom. The SMILES string of the molecule is O=C(NC1(c2ccc(C(F)(F)F)cc2)CC1)C1(n2cccn2)CCNCC1. The average Bonchev–Trinajstić information content (AvgIpc) is 3.22. The van der Waals surface area contributed by atoms with Crippen LogP contribution in [0.5, 0.6) is 0 Å². The number of nitrogens with one attached hydrogen (secondary N) is 2. The molecule has 1 saturated carbocycles. The number of rotatable bonds is 4. The van der Waals surface area contributed by atoms with Gasteiger partial charge in [0.1, 0.15) is 5.54 Å². The molecule has 4 rings (SSSR count). The lowest BCUT2D eigenvalue weighted by Gasteiger charge is -2.37. The third-order valence-corrected chi connectivity index (χ3v) is 5.66. The van der Waals surface area contributed by atoms with Gasteiger partial charge in [-0.2, -0.15) is 18.3 Å². The standard InChI is InChI=1S/C19H21F3N4O/c20-19(21,22)15-4-2-14(3-5-15)17(6-7-17)25-16(27)18(8-11-23-12-9-18)26-13-1-10-24-26/h1-5,10,13,23H,6-9,11-12H2,(H,25,27). The molecular weight excluding hydrogens is 357 g/mol. The summed E-state index contributed by atoms with van der Waals surface area (Å²) in [7, 11) is 0. The van der Waals surface area contributed by atoms with Crippen LogP contribution in [0.25, 0.3) is 0 Å². The van der Waals surface area contributed by atoms with Gasteiger partial charge in [-0.3, -0.25) is 9.48 Å². The van der Waals surface area contributed by atoms with Crippen molar-refractivity contribution in [3.05, 3.63) is 53.9 Å². The number of carbonyl (C=O) groups is 1. The molecule has 2 heterocycles. The van der Waals surface area contributed by atoms with Crippen molar-refractivity contribution in [1.29, 1.82) is 0 Å². The Morgan fingerprint density at radius 2 is 1.78 bits per heavy atom. The lowest BCUT2D eigenvalue weighted by molar-refractivity contribution is -0.137. The maximum Gasteiger partial charge on any atom is 0.416 e. The van der Waals surface area contributed by atoms with Gasteiger partial charge in [0.25, 0.3) is 0 Å². The van der Waals surface area contributed by atoms with E-state index in [9.17, 15) is 18.0 Å². The second kappa shape index (κ2) is 6.37. The quantitative estimate of drug-likeness (QED) is 0.860. The number of piperidine rings is 1. The lowest BCUT2D eigenvalue weighted by atomic mass is 9.86. The van der Waals surface area contributed by atoms with Gasteiger partial charge in [-0.25, -0.2) is 0 Å². The van der Waals surface area contributed by atoms with Crippen LogP contribution in [0.4, 0.5) is 13.2 Å². The molecule has 27 heavy (non-hydrogen) atoms. The first-order valence-electron chi connectivity index (χ1n) is 9.07. The minimum Gasteiger partial charge on any atom is -0.344 e. The van der Waals surface area contributed by atoms with Gasteiger partial charge in [0.2, 0.25) is 5.91 Å². The Bertz CT molecular complexity index is 804. The summed E-state index contributed by atoms with van der Waals surface area (Å²) in [4.78, 5) is 13.3. The van der Waals surface area contributed by atoms with Gasteiger partial charge in [-0.05, 0) is 62.5 Å². The van der Waals surface area contributed by atoms with Gasteiger partial charge < -0.3 is 10.6 Å². The molecule has 2 aliphatic rings. The lowest BCUT2D eigenvalue weighted by Crippen LogP contribution is -2.56. The van der Waals surface area contributed by atoms with E-state index in [1.165, 1.54) is 12.1 Å². The van der Waals surface area contributed by atoms with Gasteiger partial charge in [-0.15, -0.1) is 0 Å². The van der Waals surface area contributed by atoms with Crippen molar-refractivity contribution in [3.8, 4) is 0 Å². The van der Waals surface area contributed by atoms with E-state index in [1.807, 2.05) is 0 Å². The van der Waals surface area contributed by atoms with E-state index >= 15 is 0 Å². The van der Waals surface area contributed by atoms with Crippen LogP contribution >= 0.6 is 0 Å². The van der Waals surface area contributed by atoms with E-state index in [4.69, 9.17) is 0 Å². The molecule has 1 aromatic carbocycles. The first-order chi connectivity index (χ1) is 12.9. The Balaban J connectivity index is 1.58. The Kier molecular flexibility index (Phi) is 4.25. The van der Waals surface area contributed by atoms with Crippen molar-refractivity contribution in [2.75, 3.05) is 13.1 Å². The molecule has 0 atom stereocenters. The largest absolute Gasteiger partial charge is 0.416 e. The minimum absolute atomic E-state index is 0.120. The molecule has 0 unspecified atom stereocenters. The Labute approximate surface area is 154 Å². The molecule has 1 saturated heterocycles. The minimum atomic E-state index is -4.36. The maximum atomic E-state index is 13.3. The fourth-order valence-electron chi connectivity index (χ4n) is 3.85. The topological polar surface area (TPSA) is 59.0 Å². The third-order valence-electron chi connectivity index (χ3n) is 5.66. The summed E-state index contributed by atoms with van der Waals surface area (Å²) >= 11 is 0. The van der Waals surface area contributed by atoms with Gasteiger partial charge in [-0.1, -0.05) is 12.1 Å². The fraction of sp³-hybridized carbons (Fsp3) is 0.474. The van der Waals surface area contributed by atoms with E-state index in [0.717, 1.165) is 25.0 Å². The predicted octanol–water partition coefficient (Wildman–Crippen LogP) is 2.79. The van der Waals surface area contributed by atoms with Crippen molar-refractivity contribution >= 4 is 5.91 Å². The van der Waals surface area contributed by atoms with Crippen molar-refractivity contribution in [2.24, 2.45) is 0 Å². The number of amides is 1. The number of benzene rings is 1. The molecule has 1 aliphatic heterocycles. The molecule has 5 nitrogen and oxygen atoms in total. The fourth-order valence-corrected chi connectivity index (χ4v) is 3.85. The van der Waals surface area contributed by atoms with Crippen LogP contribution in [-0.4, -0.2) is 28.8 Å². The molecule has 1 aliphatic carbocycles. The molecular formula is C19H21F3N4O. The highest BCUT2D eigenvalue weighted by molar-refractivity contribution is 5.85. The van der Waals surface area contributed by atoms with Crippen molar-refractivity contribution in [3.63, 3.8) is 0 Å². The third kappa shape index (κ3) is 3.22. The smallest absolute Gasteiger partial charge is 0.344 e. The zero-order valence-corrected chi connectivity index (χ0v) is 14.7. The molecule has 144 valence electrons. The number of nitrogens with zero attached hydrogens (tertiary/aromatic N) is 2. The van der Waals surface area contributed by atoms with E-state index in [1.54, 1.807) is 23.1 Å². The number of carbonyl (C=O) groups excluding carboxylic acids is 1. The van der Waals surface area contributed by atoms with Crippen LogP contribution in [0, 0.1) is 0 Å². The summed E-state index contributed by atoms with van der Waals surface area (Å²) in [5.74, 6) is -0.120. The Morgan fingerprint density at radius 3 is 2.30 bits per heavy atom. The zero-order chi connectivity index (χ0) is 19.1. The first kappa shape index (κ1) is 18.0. The van der Waals surface area contributed by atoms with Gasteiger partial charge in [0, 0.05) is 12.4 Å². The number of alkyl halides is 3. The van der Waals surface area contributed by atoms with Crippen molar-refractivity contribution < 1.29 is 18.0 Å². The summed E-state index contributed by atoms with van der Waals surface area (Å²) in [5.41, 5.74) is -1.31. The second-order valence-electron chi connectivity index (χ2n) is 7.34. The Hall–Kier alpha value is -2.35. The molecule has 1 amide bonds. The second-order valence-corrected chi connectivity index (χ2v) is 7.34. The average molecular weight is 378 g/mol. The van der Waals surface area contributed by atoms with E-state index in [0.29, 0.717) is 31.5 Å². The van der Waals surface area contributed by atoms with Crippen LogP contribution in [-0.2, 0) is 22.0 Å². The van der Waals surface area contributed by atoms with Gasteiger partial charge in [0.05, 0.1) is 11.1 Å².